The minimum atomic E-state index is -4.35. The van der Waals surface area contributed by atoms with Crippen molar-refractivity contribution >= 4 is 15.9 Å². The molecule has 0 aromatic heterocycles. The van der Waals surface area contributed by atoms with Crippen LogP contribution in [0.1, 0.15) is 11.1 Å². The van der Waals surface area contributed by atoms with Crippen LogP contribution < -0.4 is 10.1 Å². The van der Waals surface area contributed by atoms with Crippen molar-refractivity contribution < 1.29 is 17.9 Å². The van der Waals surface area contributed by atoms with E-state index in [-0.39, 0.29) is 0 Å². The molecule has 0 spiro atoms. The smallest absolute Gasteiger partial charge is 0.416 e. The van der Waals surface area contributed by atoms with E-state index in [1.165, 1.54) is 13.2 Å². The van der Waals surface area contributed by atoms with E-state index in [9.17, 15) is 13.2 Å². The lowest BCUT2D eigenvalue weighted by Crippen LogP contribution is -2.44. The summed E-state index contributed by atoms with van der Waals surface area (Å²) in [5, 5.41) is 3.25. The van der Waals surface area contributed by atoms with Crippen molar-refractivity contribution in [2.75, 3.05) is 39.8 Å². The molecule has 0 unspecified atom stereocenters. The molecule has 0 saturated carbocycles. The van der Waals surface area contributed by atoms with Gasteiger partial charge in [0.15, 0.2) is 0 Å². The average Bonchev–Trinajstić information content (AvgIpc) is 2.44. The molecule has 7 heteroatoms. The van der Waals surface area contributed by atoms with Gasteiger partial charge >= 0.3 is 6.18 Å². The molecule has 3 nitrogen and oxygen atoms in total. The van der Waals surface area contributed by atoms with Gasteiger partial charge in [0.05, 0.1) is 17.1 Å². The van der Waals surface area contributed by atoms with Gasteiger partial charge in [0.2, 0.25) is 0 Å². The molecule has 1 aliphatic heterocycles. The molecular formula is C14H18BrF3N2O. The summed E-state index contributed by atoms with van der Waals surface area (Å²) in [6.45, 7) is 4.41. The van der Waals surface area contributed by atoms with Gasteiger partial charge in [-0.1, -0.05) is 0 Å². The molecule has 1 saturated heterocycles. The lowest BCUT2D eigenvalue weighted by Gasteiger charge is -2.27. The third-order valence-corrected chi connectivity index (χ3v) is 4.15. The zero-order valence-electron chi connectivity index (χ0n) is 11.8. The molecule has 0 radical (unpaired) electrons. The van der Waals surface area contributed by atoms with E-state index in [1.54, 1.807) is 0 Å². The van der Waals surface area contributed by atoms with Crippen LogP contribution in [0.2, 0.25) is 0 Å². The molecule has 1 heterocycles. The van der Waals surface area contributed by atoms with E-state index in [4.69, 9.17) is 4.74 Å². The maximum Gasteiger partial charge on any atom is 0.416 e. The van der Waals surface area contributed by atoms with Gasteiger partial charge in [-0.05, 0) is 40.0 Å². The number of piperazine rings is 1. The lowest BCUT2D eigenvalue weighted by atomic mass is 10.1. The van der Waals surface area contributed by atoms with Gasteiger partial charge in [0, 0.05) is 32.7 Å². The highest BCUT2D eigenvalue weighted by Gasteiger charge is 2.32. The first kappa shape index (κ1) is 16.6. The van der Waals surface area contributed by atoms with Crippen molar-refractivity contribution in [3.63, 3.8) is 0 Å². The SMILES string of the molecule is COc1c(Br)cc(C(F)(F)F)cc1CCN1CCNCC1. The Bertz CT molecular complexity index is 488. The van der Waals surface area contributed by atoms with E-state index in [1.807, 2.05) is 0 Å². The monoisotopic (exact) mass is 366 g/mol. The molecule has 1 aliphatic rings. The fourth-order valence-electron chi connectivity index (χ4n) is 2.44. The molecule has 0 aliphatic carbocycles. The molecule has 0 atom stereocenters. The highest BCUT2D eigenvalue weighted by molar-refractivity contribution is 9.10. The van der Waals surface area contributed by atoms with E-state index in [0.717, 1.165) is 38.8 Å². The van der Waals surface area contributed by atoms with Crippen LogP contribution in [0.3, 0.4) is 0 Å². The minimum Gasteiger partial charge on any atom is -0.495 e. The molecule has 1 aromatic carbocycles. The van der Waals surface area contributed by atoms with Crippen LogP contribution in [0.5, 0.6) is 5.75 Å². The average molecular weight is 367 g/mol. The number of hydrogen-bond acceptors (Lipinski definition) is 3. The Morgan fingerprint density at radius 3 is 2.52 bits per heavy atom. The third-order valence-electron chi connectivity index (χ3n) is 3.56. The van der Waals surface area contributed by atoms with Crippen LogP contribution in [-0.2, 0) is 12.6 Å². The Balaban J connectivity index is 2.17. The lowest BCUT2D eigenvalue weighted by molar-refractivity contribution is -0.137. The van der Waals surface area contributed by atoms with E-state index < -0.39 is 11.7 Å². The number of halogens is 4. The summed E-state index contributed by atoms with van der Waals surface area (Å²) >= 11 is 3.17. The summed E-state index contributed by atoms with van der Waals surface area (Å²) in [5.41, 5.74) is -0.0665. The van der Waals surface area contributed by atoms with Crippen molar-refractivity contribution in [1.82, 2.24) is 10.2 Å². The number of nitrogens with one attached hydrogen (secondary N) is 1. The summed E-state index contributed by atoms with van der Waals surface area (Å²) in [7, 11) is 1.47. The van der Waals surface area contributed by atoms with Crippen molar-refractivity contribution in [2.24, 2.45) is 0 Å². The zero-order valence-corrected chi connectivity index (χ0v) is 13.4. The number of nitrogens with zero attached hydrogens (tertiary/aromatic N) is 1. The molecule has 0 amide bonds. The summed E-state index contributed by atoms with van der Waals surface area (Å²) in [6.07, 6.45) is -3.82. The second-order valence-corrected chi connectivity index (χ2v) is 5.84. The number of alkyl halides is 3. The van der Waals surface area contributed by atoms with E-state index in [2.05, 4.69) is 26.1 Å². The summed E-state index contributed by atoms with van der Waals surface area (Å²) in [4.78, 5) is 2.24. The van der Waals surface area contributed by atoms with Crippen LogP contribution in [0.4, 0.5) is 13.2 Å². The molecule has 118 valence electrons. The van der Waals surface area contributed by atoms with Crippen molar-refractivity contribution in [3.8, 4) is 5.75 Å². The quantitative estimate of drug-likeness (QED) is 0.886. The Morgan fingerprint density at radius 1 is 1.29 bits per heavy atom. The van der Waals surface area contributed by atoms with Gasteiger partial charge in [-0.25, -0.2) is 0 Å². The summed E-state index contributed by atoms with van der Waals surface area (Å²) in [6, 6.07) is 2.25. The van der Waals surface area contributed by atoms with Crippen LogP contribution in [0.15, 0.2) is 16.6 Å². The summed E-state index contributed by atoms with van der Waals surface area (Å²) < 4.78 is 44.3. The van der Waals surface area contributed by atoms with Crippen LogP contribution in [0.25, 0.3) is 0 Å². The second kappa shape index (κ2) is 6.98. The van der Waals surface area contributed by atoms with Gasteiger partial charge in [0.1, 0.15) is 5.75 Å². The number of methoxy groups -OCH3 is 1. The maximum atomic E-state index is 12.9. The molecule has 1 fully saturated rings. The van der Waals surface area contributed by atoms with Gasteiger partial charge in [-0.3, -0.25) is 0 Å². The van der Waals surface area contributed by atoms with Crippen LogP contribution in [0, 0.1) is 0 Å². The number of ether oxygens (including phenoxy) is 1. The minimum absolute atomic E-state index is 0.343. The fraction of sp³-hybridized carbons (Fsp3) is 0.571. The van der Waals surface area contributed by atoms with Crippen molar-refractivity contribution in [3.05, 3.63) is 27.7 Å². The Labute approximate surface area is 130 Å². The Hall–Kier alpha value is -0.790. The molecule has 1 N–H and O–H groups in total. The third kappa shape index (κ3) is 4.34. The predicted octanol–water partition coefficient (Wildman–Crippen LogP) is 2.92. The largest absolute Gasteiger partial charge is 0.495 e. The topological polar surface area (TPSA) is 24.5 Å². The van der Waals surface area contributed by atoms with E-state index >= 15 is 0 Å². The number of rotatable bonds is 4. The highest BCUT2D eigenvalue weighted by Crippen LogP contribution is 2.37. The van der Waals surface area contributed by atoms with Gasteiger partial charge in [0.25, 0.3) is 0 Å². The number of benzene rings is 1. The molecule has 0 bridgehead atoms. The highest BCUT2D eigenvalue weighted by atomic mass is 79.9. The normalized spacial score (nSPS) is 17.0. The number of hydrogen-bond donors (Lipinski definition) is 1. The fourth-order valence-corrected chi connectivity index (χ4v) is 3.10. The maximum absolute atomic E-state index is 12.9. The van der Waals surface area contributed by atoms with Gasteiger partial charge < -0.3 is 15.0 Å². The first-order valence-electron chi connectivity index (χ1n) is 6.78. The van der Waals surface area contributed by atoms with Gasteiger partial charge in [-0.15, -0.1) is 0 Å². The molecule has 21 heavy (non-hydrogen) atoms. The zero-order chi connectivity index (χ0) is 15.5. The first-order chi connectivity index (χ1) is 9.91. The van der Waals surface area contributed by atoms with E-state index in [0.29, 0.717) is 22.2 Å². The van der Waals surface area contributed by atoms with Crippen molar-refractivity contribution in [1.29, 1.82) is 0 Å². The molecule has 2 rings (SSSR count). The van der Waals surface area contributed by atoms with Crippen molar-refractivity contribution in [2.45, 2.75) is 12.6 Å². The Kier molecular flexibility index (Phi) is 5.51. The standard InChI is InChI=1S/C14H18BrF3N2O/c1-21-13-10(2-5-20-6-3-19-4-7-20)8-11(9-12(13)15)14(16,17)18/h8-9,19H,2-7H2,1H3. The van der Waals surface area contributed by atoms with Crippen LogP contribution >= 0.6 is 15.9 Å². The summed E-state index contributed by atoms with van der Waals surface area (Å²) in [5.74, 6) is 0.484. The molecular weight excluding hydrogens is 349 g/mol. The Morgan fingerprint density at radius 2 is 1.95 bits per heavy atom. The van der Waals surface area contributed by atoms with Gasteiger partial charge in [-0.2, -0.15) is 13.2 Å². The first-order valence-corrected chi connectivity index (χ1v) is 7.58. The molecule has 1 aromatic rings. The van der Waals surface area contributed by atoms with Crippen LogP contribution in [-0.4, -0.2) is 44.7 Å². The second-order valence-electron chi connectivity index (χ2n) is 4.99. The predicted molar refractivity (Wildman–Crippen MR) is 78.7 cm³/mol.